The Morgan fingerprint density at radius 3 is 1.75 bits per heavy atom. The molecule has 358 valence electrons. The maximum Gasteiger partial charge on any atom is 0.308 e. The number of rotatable bonds is 2. The number of hydrogen-bond donors (Lipinski definition) is 11. The summed E-state index contributed by atoms with van der Waals surface area (Å²) in [7, 11) is 0. The molecule has 16 nitrogen and oxygen atoms in total. The molecular weight excluding hydrogens is 819 g/mol. The van der Waals surface area contributed by atoms with Gasteiger partial charge in [0.05, 0.1) is 79.6 Å². The third-order valence-electron chi connectivity index (χ3n) is 12.1. The fourth-order valence-corrected chi connectivity index (χ4v) is 7.79. The van der Waals surface area contributed by atoms with Gasteiger partial charge in [0.1, 0.15) is 12.2 Å². The van der Waals surface area contributed by atoms with Crippen molar-refractivity contribution < 1.29 is 74.8 Å². The molecule has 0 saturated carbocycles. The summed E-state index contributed by atoms with van der Waals surface area (Å²) in [5, 5.41) is 108. The Hall–Kier alpha value is -2.91. The molecule has 2 fully saturated rings. The molecule has 2 saturated heterocycles. The van der Waals surface area contributed by atoms with E-state index in [4.69, 9.17) is 24.7 Å². The van der Waals surface area contributed by atoms with Crippen LogP contribution in [0.25, 0.3) is 0 Å². The molecule has 1 unspecified atom stereocenters. The van der Waals surface area contributed by atoms with Gasteiger partial charge in [0.15, 0.2) is 12.1 Å². The Morgan fingerprint density at radius 1 is 0.603 bits per heavy atom. The molecular formula is C47H75NO15. The van der Waals surface area contributed by atoms with E-state index in [0.29, 0.717) is 0 Å². The van der Waals surface area contributed by atoms with Gasteiger partial charge in [-0.1, -0.05) is 106 Å². The van der Waals surface area contributed by atoms with E-state index in [0.717, 1.165) is 0 Å². The average Bonchev–Trinajstić information content (AvgIpc) is 3.21. The number of esters is 1. The lowest BCUT2D eigenvalue weighted by atomic mass is 9.83. The van der Waals surface area contributed by atoms with Crippen LogP contribution in [0.1, 0.15) is 86.0 Å². The number of carbonyl (C=O) groups excluding carboxylic acids is 1. The Labute approximate surface area is 372 Å². The monoisotopic (exact) mass is 894 g/mol. The minimum Gasteiger partial charge on any atom is -0.462 e. The van der Waals surface area contributed by atoms with Crippen molar-refractivity contribution in [1.82, 2.24) is 0 Å². The van der Waals surface area contributed by atoms with Gasteiger partial charge in [-0.05, 0) is 39.5 Å². The molecule has 2 bridgehead atoms. The number of aliphatic hydroxyl groups is 10. The maximum atomic E-state index is 12.6. The van der Waals surface area contributed by atoms with Crippen LogP contribution in [0.4, 0.5) is 0 Å². The lowest BCUT2D eigenvalue weighted by molar-refractivity contribution is -0.310. The van der Waals surface area contributed by atoms with Gasteiger partial charge in [-0.2, -0.15) is 0 Å². The highest BCUT2D eigenvalue weighted by molar-refractivity contribution is 5.70. The van der Waals surface area contributed by atoms with Gasteiger partial charge in [0, 0.05) is 37.0 Å². The fourth-order valence-electron chi connectivity index (χ4n) is 7.79. The number of hydrogen-bond acceptors (Lipinski definition) is 16. The molecule has 16 heteroatoms. The topological polar surface area (TPSA) is 282 Å². The van der Waals surface area contributed by atoms with Crippen molar-refractivity contribution in [2.45, 2.75) is 183 Å². The number of allylic oxidation sites excluding steroid dienone is 12. The number of cyclic esters (lactones) is 1. The third kappa shape index (κ3) is 18.5. The van der Waals surface area contributed by atoms with Crippen molar-refractivity contribution in [3.63, 3.8) is 0 Å². The van der Waals surface area contributed by atoms with Crippen LogP contribution < -0.4 is 5.73 Å². The third-order valence-corrected chi connectivity index (χ3v) is 12.1. The number of aliphatic hydroxyl groups excluding tert-OH is 9. The molecule has 0 aliphatic carbocycles. The first kappa shape index (κ1) is 54.4. The molecule has 0 aromatic rings. The number of fused-ring (bicyclic) bond motifs is 2. The Kier molecular flexibility index (Phi) is 23.2. The maximum absolute atomic E-state index is 12.6. The summed E-state index contributed by atoms with van der Waals surface area (Å²) in [4.78, 5) is 12.6. The van der Waals surface area contributed by atoms with Crippen LogP contribution in [-0.4, -0.2) is 155 Å². The summed E-state index contributed by atoms with van der Waals surface area (Å²) in [6, 6.07) is -1.05. The van der Waals surface area contributed by atoms with Crippen LogP contribution in [0.15, 0.2) is 85.1 Å². The quantitative estimate of drug-likeness (QED) is 0.176. The van der Waals surface area contributed by atoms with Crippen LogP contribution in [0.5, 0.6) is 0 Å². The van der Waals surface area contributed by atoms with Gasteiger partial charge in [0.25, 0.3) is 0 Å². The first-order chi connectivity index (χ1) is 29.7. The second-order valence-electron chi connectivity index (χ2n) is 17.6. The fraction of sp³-hybridized carbons (Fsp3) is 0.681. The molecule has 3 aliphatic heterocycles. The highest BCUT2D eigenvalue weighted by atomic mass is 16.7. The summed E-state index contributed by atoms with van der Waals surface area (Å²) < 4.78 is 23.5. The normalized spacial score (nSPS) is 46.6. The predicted octanol–water partition coefficient (Wildman–Crippen LogP) is 1.65. The first-order valence-electron chi connectivity index (χ1n) is 22.2. The SMILES string of the molecule is C[C@@H]1[C@H](O)[C@@H](C)/C=C/C=C/C=C/C=C/C=C/C=C/C=C/[C@H](O[C@@H]2O[C@H](C)[C@@H](O)[C@H](N)[C@@H]2O)CC2O[C@](O)(C[C@@H](O)[C@H](O)CC[C@@H](O)C[C@@H](O)C[C@@H](O)CC(=O)O[C@H]1C)C[C@H](O)[C@H]2C. The first-order valence-corrected chi connectivity index (χ1v) is 22.2. The number of nitrogens with two attached hydrogens (primary N) is 1. The number of carbonyl (C=O) groups is 1. The van der Waals surface area contributed by atoms with Crippen molar-refractivity contribution in [2.75, 3.05) is 0 Å². The second-order valence-corrected chi connectivity index (χ2v) is 17.6. The van der Waals surface area contributed by atoms with E-state index in [1.54, 1.807) is 58.1 Å². The summed E-state index contributed by atoms with van der Waals surface area (Å²) in [5.74, 6) is -4.01. The van der Waals surface area contributed by atoms with Crippen LogP contribution in [0, 0.1) is 17.8 Å². The predicted molar refractivity (Wildman–Crippen MR) is 235 cm³/mol. The molecule has 3 heterocycles. The molecule has 3 rings (SSSR count). The molecule has 0 amide bonds. The molecule has 0 spiro atoms. The lowest BCUT2D eigenvalue weighted by Gasteiger charge is -2.46. The smallest absolute Gasteiger partial charge is 0.308 e. The highest BCUT2D eigenvalue weighted by Crippen LogP contribution is 2.38. The standard InChI is InChI=1S/C47H75NO15/c1-28-18-16-14-12-10-8-6-7-9-11-13-15-17-19-36(62-46-45(58)42(48)44(57)32(5)61-46)25-40-30(3)38(53)26-47(59,63-40)27-39(54)37(52)21-20-33(49)22-34(50)23-35(51)24-41(55)60-31(4)29(2)43(28)56/h6-19,28-40,42-46,49-54,56-59H,20-27,48H2,1-5H3/b7-6+,10-8+,11-9+,14-12+,15-13+,18-16+,19-17+/t28-,29-,30+,31-,32+,33+,34+,35+,36-,37+,38-,39+,40?,42-,43+,44+,45-,46-,47-/m0/s1. The van der Waals surface area contributed by atoms with Crippen molar-refractivity contribution in [3.05, 3.63) is 85.1 Å². The van der Waals surface area contributed by atoms with Crippen molar-refractivity contribution in [2.24, 2.45) is 23.5 Å². The average molecular weight is 894 g/mol. The van der Waals surface area contributed by atoms with Crippen LogP contribution >= 0.6 is 0 Å². The van der Waals surface area contributed by atoms with E-state index >= 15 is 0 Å². The van der Waals surface area contributed by atoms with E-state index in [9.17, 15) is 55.9 Å². The minimum atomic E-state index is -2.08. The van der Waals surface area contributed by atoms with E-state index in [1.165, 1.54) is 0 Å². The van der Waals surface area contributed by atoms with Gasteiger partial charge < -0.3 is 75.7 Å². The van der Waals surface area contributed by atoms with Gasteiger partial charge in [-0.3, -0.25) is 4.79 Å². The van der Waals surface area contributed by atoms with Crippen molar-refractivity contribution in [3.8, 4) is 0 Å². The van der Waals surface area contributed by atoms with Crippen LogP contribution in [0.2, 0.25) is 0 Å². The van der Waals surface area contributed by atoms with Gasteiger partial charge in [-0.25, -0.2) is 0 Å². The summed E-state index contributed by atoms with van der Waals surface area (Å²) in [6.07, 6.45) is 8.08. The molecule has 0 aromatic heterocycles. The molecule has 0 aromatic carbocycles. The lowest BCUT2D eigenvalue weighted by Crippen LogP contribution is -2.61. The van der Waals surface area contributed by atoms with Gasteiger partial charge in [-0.15, -0.1) is 0 Å². The summed E-state index contributed by atoms with van der Waals surface area (Å²) in [5.41, 5.74) is 6.05. The molecule has 12 N–H and O–H groups in total. The Morgan fingerprint density at radius 2 is 1.14 bits per heavy atom. The summed E-state index contributed by atoms with van der Waals surface area (Å²) >= 11 is 0. The second kappa shape index (κ2) is 26.9. The van der Waals surface area contributed by atoms with Crippen LogP contribution in [-0.2, 0) is 23.7 Å². The zero-order valence-corrected chi connectivity index (χ0v) is 37.2. The number of ether oxygens (including phenoxy) is 4. The van der Waals surface area contributed by atoms with Crippen LogP contribution in [0.3, 0.4) is 0 Å². The van der Waals surface area contributed by atoms with Crippen molar-refractivity contribution in [1.29, 1.82) is 0 Å². The van der Waals surface area contributed by atoms with Gasteiger partial charge >= 0.3 is 5.97 Å². The molecule has 3 aliphatic rings. The zero-order chi connectivity index (χ0) is 46.9. The van der Waals surface area contributed by atoms with E-state index in [2.05, 4.69) is 0 Å². The Balaban J connectivity index is 1.81. The molecule has 19 atom stereocenters. The van der Waals surface area contributed by atoms with Crippen molar-refractivity contribution >= 4 is 5.97 Å². The van der Waals surface area contributed by atoms with E-state index in [-0.39, 0.29) is 44.4 Å². The van der Waals surface area contributed by atoms with E-state index in [1.807, 2.05) is 61.6 Å². The zero-order valence-electron chi connectivity index (χ0n) is 37.2. The van der Waals surface area contributed by atoms with E-state index < -0.39 is 128 Å². The Bertz CT molecular complexity index is 1570. The van der Waals surface area contributed by atoms with Gasteiger partial charge in [0.2, 0.25) is 0 Å². The minimum absolute atomic E-state index is 0.0428. The highest BCUT2D eigenvalue weighted by Gasteiger charge is 2.47. The molecule has 0 radical (unpaired) electrons. The molecule has 63 heavy (non-hydrogen) atoms. The summed E-state index contributed by atoms with van der Waals surface area (Å²) in [6.45, 7) is 8.60. The largest absolute Gasteiger partial charge is 0.462 e.